The Balaban J connectivity index is 1.36. The van der Waals surface area contributed by atoms with Gasteiger partial charge in [-0.15, -0.1) is 0 Å². The van der Waals surface area contributed by atoms with Crippen LogP contribution in [0.4, 0.5) is 0 Å². The van der Waals surface area contributed by atoms with Gasteiger partial charge in [0.2, 0.25) is 0 Å². The zero-order chi connectivity index (χ0) is 28.7. The smallest absolute Gasteiger partial charge is 0.140 e. The zero-order valence-corrected chi connectivity index (χ0v) is 22.6. The average molecular weight is 550 g/mol. The summed E-state index contributed by atoms with van der Waals surface area (Å²) in [6.07, 6.45) is 0. The predicted molar refractivity (Wildman–Crippen MR) is 170 cm³/mol. The van der Waals surface area contributed by atoms with Gasteiger partial charge in [-0.3, -0.25) is 9.13 Å². The van der Waals surface area contributed by atoms with Crippen molar-refractivity contribution in [2.75, 3.05) is 0 Å². The fourth-order valence-electron chi connectivity index (χ4n) is 6.59. The number of aromatic nitrogens is 3. The molecule has 0 amide bonds. The zero-order valence-electron chi connectivity index (χ0n) is 22.6. The highest BCUT2D eigenvalue weighted by Gasteiger charge is 2.20. The fraction of sp³-hybridized carbons (Fsp3) is 0. The van der Waals surface area contributed by atoms with Crippen LogP contribution in [0.2, 0.25) is 0 Å². The van der Waals surface area contributed by atoms with Crippen molar-refractivity contribution in [2.24, 2.45) is 0 Å². The van der Waals surface area contributed by atoms with E-state index in [0.29, 0.717) is 11.1 Å². The monoisotopic (exact) mass is 549 g/mol. The molecular formula is C37H19N5O. The molecule has 43 heavy (non-hydrogen) atoms. The van der Waals surface area contributed by atoms with Crippen LogP contribution in [0, 0.1) is 22.7 Å². The standard InChI is InChI=1S/C37H19N5O/c38-20-22-12-14-29-26(18-22)27-19-23(21-39)13-15-30(27)41(29)34-10-5-11-35(40-34)42-28-8-3-1-6-24(28)36-31(42)16-17-33-37(36)25-7-2-4-9-32(25)43-33/h1-19H. The second-order valence-corrected chi connectivity index (χ2v) is 10.7. The van der Waals surface area contributed by atoms with E-state index in [2.05, 4.69) is 57.7 Å². The number of fused-ring (bicyclic) bond motifs is 10. The van der Waals surface area contributed by atoms with Crippen LogP contribution in [0.25, 0.3) is 77.2 Å². The Kier molecular flexibility index (Phi) is 4.65. The van der Waals surface area contributed by atoms with Gasteiger partial charge < -0.3 is 4.42 Å². The minimum absolute atomic E-state index is 0.569. The summed E-state index contributed by atoms with van der Waals surface area (Å²) in [5.74, 6) is 1.53. The summed E-state index contributed by atoms with van der Waals surface area (Å²) in [7, 11) is 0. The lowest BCUT2D eigenvalue weighted by molar-refractivity contribution is 0.669. The van der Waals surface area contributed by atoms with Crippen molar-refractivity contribution < 1.29 is 4.42 Å². The fourth-order valence-corrected chi connectivity index (χ4v) is 6.59. The molecule has 0 saturated carbocycles. The molecule has 0 bridgehead atoms. The van der Waals surface area contributed by atoms with Crippen molar-refractivity contribution in [3.8, 4) is 23.8 Å². The molecule has 0 aliphatic rings. The quantitative estimate of drug-likeness (QED) is 0.215. The predicted octanol–water partition coefficient (Wildman–Crippen LogP) is 8.92. The summed E-state index contributed by atoms with van der Waals surface area (Å²) in [4.78, 5) is 5.25. The minimum Gasteiger partial charge on any atom is -0.456 e. The Labute approximate surface area is 244 Å². The van der Waals surface area contributed by atoms with E-state index in [1.807, 2.05) is 78.9 Å². The Hall–Kier alpha value is -6.37. The van der Waals surface area contributed by atoms with E-state index < -0.39 is 0 Å². The maximum absolute atomic E-state index is 9.59. The molecule has 9 aromatic rings. The van der Waals surface area contributed by atoms with Gasteiger partial charge >= 0.3 is 0 Å². The van der Waals surface area contributed by atoms with Crippen molar-refractivity contribution in [1.82, 2.24) is 14.1 Å². The van der Waals surface area contributed by atoms with Crippen molar-refractivity contribution in [1.29, 1.82) is 10.5 Å². The van der Waals surface area contributed by atoms with Gasteiger partial charge in [-0.25, -0.2) is 4.98 Å². The van der Waals surface area contributed by atoms with Gasteiger partial charge in [0, 0.05) is 32.3 Å². The molecule has 0 N–H and O–H groups in total. The lowest BCUT2D eigenvalue weighted by Crippen LogP contribution is -2.03. The molecule has 0 fully saturated rings. The Morgan fingerprint density at radius 2 is 1.07 bits per heavy atom. The van der Waals surface area contributed by atoms with Crippen LogP contribution in [0.15, 0.2) is 120 Å². The number of furan rings is 1. The molecule has 0 saturated heterocycles. The van der Waals surface area contributed by atoms with Crippen LogP contribution >= 0.6 is 0 Å². The van der Waals surface area contributed by atoms with Crippen LogP contribution in [-0.4, -0.2) is 14.1 Å². The average Bonchev–Trinajstić information content (AvgIpc) is 3.71. The highest BCUT2D eigenvalue weighted by atomic mass is 16.3. The van der Waals surface area contributed by atoms with Crippen LogP contribution in [0.1, 0.15) is 11.1 Å². The van der Waals surface area contributed by atoms with E-state index in [4.69, 9.17) is 9.40 Å². The number of rotatable bonds is 2. The third-order valence-electron chi connectivity index (χ3n) is 8.38. The SMILES string of the molecule is N#Cc1ccc2c(c1)c1cc(C#N)ccc1n2-c1cccc(-n2c3ccccc3c3c4c(ccc32)oc2ccccc24)n1. The van der Waals surface area contributed by atoms with Gasteiger partial charge in [0.1, 0.15) is 22.8 Å². The maximum atomic E-state index is 9.59. The molecule has 6 heteroatoms. The van der Waals surface area contributed by atoms with E-state index in [-0.39, 0.29) is 0 Å². The second kappa shape index (κ2) is 8.57. The van der Waals surface area contributed by atoms with E-state index in [9.17, 15) is 10.5 Å². The molecule has 9 rings (SSSR count). The molecule has 5 aromatic carbocycles. The lowest BCUT2D eigenvalue weighted by Gasteiger charge is -2.11. The maximum Gasteiger partial charge on any atom is 0.140 e. The lowest BCUT2D eigenvalue weighted by atomic mass is 10.1. The molecule has 0 atom stereocenters. The molecule has 0 aliphatic heterocycles. The summed E-state index contributed by atoms with van der Waals surface area (Å²) >= 11 is 0. The molecule has 0 unspecified atom stereocenters. The summed E-state index contributed by atoms with van der Waals surface area (Å²) in [6.45, 7) is 0. The highest BCUT2D eigenvalue weighted by molar-refractivity contribution is 6.27. The Morgan fingerprint density at radius 3 is 1.77 bits per heavy atom. The summed E-state index contributed by atoms with van der Waals surface area (Å²) in [6, 6.07) is 42.6. The first-order valence-corrected chi connectivity index (χ1v) is 13.9. The number of benzene rings is 5. The van der Waals surface area contributed by atoms with E-state index in [0.717, 1.165) is 77.2 Å². The number of para-hydroxylation sites is 2. The largest absolute Gasteiger partial charge is 0.456 e. The molecule has 198 valence electrons. The summed E-state index contributed by atoms with van der Waals surface area (Å²) < 4.78 is 10.6. The molecule has 4 heterocycles. The normalized spacial score (nSPS) is 11.7. The van der Waals surface area contributed by atoms with Crippen LogP contribution in [-0.2, 0) is 0 Å². The number of pyridine rings is 1. The third-order valence-corrected chi connectivity index (χ3v) is 8.38. The number of hydrogen-bond acceptors (Lipinski definition) is 4. The second-order valence-electron chi connectivity index (χ2n) is 10.7. The van der Waals surface area contributed by atoms with Crippen LogP contribution in [0.5, 0.6) is 0 Å². The first-order valence-electron chi connectivity index (χ1n) is 13.9. The number of nitriles is 2. The molecule has 6 nitrogen and oxygen atoms in total. The van der Waals surface area contributed by atoms with Crippen molar-refractivity contribution in [3.05, 3.63) is 126 Å². The van der Waals surface area contributed by atoms with Crippen LogP contribution < -0.4 is 0 Å². The molecule has 0 aliphatic carbocycles. The summed E-state index contributed by atoms with van der Waals surface area (Å²) in [5.41, 5.74) is 6.80. The number of hydrogen-bond donors (Lipinski definition) is 0. The molecular weight excluding hydrogens is 530 g/mol. The topological polar surface area (TPSA) is 83.5 Å². The van der Waals surface area contributed by atoms with Crippen LogP contribution in [0.3, 0.4) is 0 Å². The van der Waals surface area contributed by atoms with Gasteiger partial charge in [-0.1, -0.05) is 42.5 Å². The minimum atomic E-state index is 0.569. The Bertz CT molecular complexity index is 2640. The van der Waals surface area contributed by atoms with Gasteiger partial charge in [0.15, 0.2) is 0 Å². The molecule has 4 aromatic heterocycles. The highest BCUT2D eigenvalue weighted by Crippen LogP contribution is 2.41. The number of nitrogens with zero attached hydrogens (tertiary/aromatic N) is 5. The van der Waals surface area contributed by atoms with Crippen molar-refractivity contribution >= 4 is 65.6 Å². The summed E-state index contributed by atoms with van der Waals surface area (Å²) in [5, 5.41) is 25.4. The van der Waals surface area contributed by atoms with Gasteiger partial charge in [0.25, 0.3) is 0 Å². The van der Waals surface area contributed by atoms with Gasteiger partial charge in [-0.05, 0) is 72.8 Å². The van der Waals surface area contributed by atoms with Gasteiger partial charge in [-0.2, -0.15) is 10.5 Å². The van der Waals surface area contributed by atoms with Gasteiger partial charge in [0.05, 0.1) is 45.3 Å². The third kappa shape index (κ3) is 3.18. The van der Waals surface area contributed by atoms with Crippen molar-refractivity contribution in [2.45, 2.75) is 0 Å². The molecule has 0 radical (unpaired) electrons. The first kappa shape index (κ1) is 23.3. The van der Waals surface area contributed by atoms with E-state index in [1.54, 1.807) is 0 Å². The van der Waals surface area contributed by atoms with E-state index in [1.165, 1.54) is 0 Å². The van der Waals surface area contributed by atoms with Crippen molar-refractivity contribution in [3.63, 3.8) is 0 Å². The Morgan fingerprint density at radius 1 is 0.488 bits per heavy atom. The first-order chi connectivity index (χ1) is 21.2. The molecule has 0 spiro atoms. The van der Waals surface area contributed by atoms with E-state index >= 15 is 0 Å².